The normalized spacial score (nSPS) is 20.1. The third-order valence-corrected chi connectivity index (χ3v) is 6.64. The summed E-state index contributed by atoms with van der Waals surface area (Å²) in [6, 6.07) is 8.26. The molecule has 3 rings (SSSR count). The summed E-state index contributed by atoms with van der Waals surface area (Å²) in [5.41, 5.74) is 1.55. The van der Waals surface area contributed by atoms with Crippen molar-refractivity contribution in [1.29, 1.82) is 0 Å². The van der Waals surface area contributed by atoms with Crippen molar-refractivity contribution < 1.29 is 23.6 Å². The van der Waals surface area contributed by atoms with Crippen molar-refractivity contribution in [2.45, 2.75) is 72.2 Å². The lowest BCUT2D eigenvalue weighted by Gasteiger charge is -2.36. The largest absolute Gasteiger partial charge is 0.492 e. The first-order chi connectivity index (χ1) is 16.2. The van der Waals surface area contributed by atoms with Gasteiger partial charge in [0.25, 0.3) is 0 Å². The Balaban J connectivity index is 1.67. The highest BCUT2D eigenvalue weighted by Gasteiger charge is 2.52. The molecule has 0 atom stereocenters. The molecule has 9 heteroatoms. The number of piperazine rings is 1. The number of ether oxygens (including phenoxy) is 1. The first kappa shape index (κ1) is 27.1. The monoisotopic (exact) mass is 485 g/mol. The highest BCUT2D eigenvalue weighted by molar-refractivity contribution is 6.56. The predicted octanol–water partition coefficient (Wildman–Crippen LogP) is 3.89. The van der Waals surface area contributed by atoms with Gasteiger partial charge >= 0.3 is 13.2 Å². The van der Waals surface area contributed by atoms with E-state index in [-0.39, 0.29) is 12.0 Å². The number of amides is 2. The van der Waals surface area contributed by atoms with Gasteiger partial charge in [-0.2, -0.15) is 0 Å². The minimum absolute atomic E-state index is 0.103. The van der Waals surface area contributed by atoms with E-state index >= 15 is 0 Å². The van der Waals surface area contributed by atoms with Crippen molar-refractivity contribution in [2.75, 3.05) is 37.6 Å². The summed E-state index contributed by atoms with van der Waals surface area (Å²) in [4.78, 5) is 27.9. The van der Waals surface area contributed by atoms with E-state index < -0.39 is 23.9 Å². The molecule has 0 bridgehead atoms. The molecule has 2 aliphatic heterocycles. The second-order valence-corrected chi connectivity index (χ2v) is 11.3. The number of nitrogens with zero attached hydrogens (tertiary/aromatic N) is 2. The number of hydrogen-bond acceptors (Lipinski definition) is 6. The van der Waals surface area contributed by atoms with E-state index in [1.54, 1.807) is 4.90 Å². The van der Waals surface area contributed by atoms with Crippen LogP contribution in [0.1, 0.15) is 61.0 Å². The lowest BCUT2D eigenvalue weighted by molar-refractivity contribution is -0.118. The van der Waals surface area contributed by atoms with Gasteiger partial charge in [0.1, 0.15) is 5.60 Å². The molecular weight excluding hydrogens is 445 g/mol. The van der Waals surface area contributed by atoms with Crippen molar-refractivity contribution >= 4 is 30.9 Å². The van der Waals surface area contributed by atoms with Crippen LogP contribution in [-0.4, -0.2) is 73.5 Å². The predicted molar refractivity (Wildman–Crippen MR) is 139 cm³/mol. The van der Waals surface area contributed by atoms with Crippen LogP contribution < -0.4 is 10.2 Å². The summed E-state index contributed by atoms with van der Waals surface area (Å²) in [6.07, 6.45) is 1.76. The fourth-order valence-electron chi connectivity index (χ4n) is 3.89. The lowest BCUT2D eigenvalue weighted by atomic mass is 9.77. The van der Waals surface area contributed by atoms with Crippen LogP contribution in [0, 0.1) is 0 Å². The van der Waals surface area contributed by atoms with Crippen molar-refractivity contribution in [3.8, 4) is 0 Å². The van der Waals surface area contributed by atoms with Crippen molar-refractivity contribution in [3.63, 3.8) is 0 Å². The Morgan fingerprint density at radius 1 is 1.03 bits per heavy atom. The van der Waals surface area contributed by atoms with Crippen LogP contribution in [0.15, 0.2) is 29.7 Å². The van der Waals surface area contributed by atoms with E-state index in [2.05, 4.69) is 34.5 Å². The molecule has 35 heavy (non-hydrogen) atoms. The molecule has 8 nitrogen and oxygen atoms in total. The fourth-order valence-corrected chi connectivity index (χ4v) is 3.89. The van der Waals surface area contributed by atoms with Crippen molar-refractivity contribution in [2.24, 2.45) is 0 Å². The lowest BCUT2D eigenvalue weighted by Crippen LogP contribution is -2.50. The summed E-state index contributed by atoms with van der Waals surface area (Å²) in [5, 5.41) is 2.87. The Morgan fingerprint density at radius 3 is 2.06 bits per heavy atom. The third kappa shape index (κ3) is 7.01. The highest BCUT2D eigenvalue weighted by Crippen LogP contribution is 2.38. The van der Waals surface area contributed by atoms with Gasteiger partial charge in [0, 0.05) is 45.3 Å². The van der Waals surface area contributed by atoms with E-state index in [0.29, 0.717) is 19.6 Å². The molecule has 2 aliphatic rings. The number of nitrogens with one attached hydrogen (secondary N) is 1. The van der Waals surface area contributed by atoms with Crippen LogP contribution in [0.5, 0.6) is 0 Å². The molecule has 192 valence electrons. The zero-order chi connectivity index (χ0) is 26.0. The smallest absolute Gasteiger partial charge is 0.444 e. The summed E-state index contributed by atoms with van der Waals surface area (Å²) in [7, 11) is -0.535. The van der Waals surface area contributed by atoms with Crippen LogP contribution in [0.25, 0.3) is 6.08 Å². The molecular formula is C26H40BN3O5. The van der Waals surface area contributed by atoms with Gasteiger partial charge in [-0.25, -0.2) is 4.79 Å². The van der Waals surface area contributed by atoms with Gasteiger partial charge in [-0.15, -0.1) is 0 Å². The zero-order valence-corrected chi connectivity index (χ0v) is 22.4. The molecule has 0 saturated carbocycles. The molecule has 2 amide bonds. The number of benzene rings is 1. The van der Waals surface area contributed by atoms with Gasteiger partial charge in [-0.3, -0.25) is 4.79 Å². The minimum Gasteiger partial charge on any atom is -0.444 e. The maximum absolute atomic E-state index is 12.3. The maximum atomic E-state index is 12.3. The number of rotatable bonds is 5. The molecule has 2 saturated heterocycles. The van der Waals surface area contributed by atoms with Crippen LogP contribution in [0.4, 0.5) is 10.5 Å². The Morgan fingerprint density at radius 2 is 1.57 bits per heavy atom. The summed E-state index contributed by atoms with van der Waals surface area (Å²) in [6.45, 7) is 18.3. The zero-order valence-electron chi connectivity index (χ0n) is 22.4. The number of hydrogen-bond donors (Lipinski definition) is 1. The van der Waals surface area contributed by atoms with Crippen LogP contribution >= 0.6 is 0 Å². The highest BCUT2D eigenvalue weighted by atomic mass is 16.7. The Hall–Kier alpha value is -2.52. The second-order valence-electron chi connectivity index (χ2n) is 11.3. The first-order valence-corrected chi connectivity index (χ1v) is 12.3. The molecule has 0 aliphatic carbocycles. The summed E-state index contributed by atoms with van der Waals surface area (Å²) < 4.78 is 17.9. The van der Waals surface area contributed by atoms with Gasteiger partial charge < -0.3 is 29.2 Å². The average molecular weight is 485 g/mol. The topological polar surface area (TPSA) is 80.3 Å². The molecule has 1 aromatic carbocycles. The van der Waals surface area contributed by atoms with E-state index in [1.807, 2.05) is 54.5 Å². The molecule has 0 unspecified atom stereocenters. The van der Waals surface area contributed by atoms with Crippen LogP contribution in [0.3, 0.4) is 0 Å². The molecule has 1 N–H and O–H groups in total. The number of carbonyl (C=O) groups is 2. The molecule has 2 fully saturated rings. The van der Waals surface area contributed by atoms with Gasteiger partial charge in [0.15, 0.2) is 0 Å². The molecule has 0 spiro atoms. The average Bonchev–Trinajstić information content (AvgIpc) is 2.97. The van der Waals surface area contributed by atoms with Crippen molar-refractivity contribution in [1.82, 2.24) is 10.2 Å². The molecule has 2 heterocycles. The third-order valence-electron chi connectivity index (χ3n) is 6.64. The number of carbonyl (C=O) groups excluding carboxylic acids is 2. The van der Waals surface area contributed by atoms with E-state index in [9.17, 15) is 9.59 Å². The Kier molecular flexibility index (Phi) is 7.91. The number of anilines is 1. The second kappa shape index (κ2) is 10.2. The summed E-state index contributed by atoms with van der Waals surface area (Å²) in [5.74, 6) is -0.103. The SMILES string of the molecule is CC(=O)NCC(=Cc1ccc(N2CCN(C(=O)OC(C)(C)C)CC2)cc1)B1OC(C)(C)C(C)(C)O1. The van der Waals surface area contributed by atoms with Gasteiger partial charge in [-0.1, -0.05) is 18.2 Å². The Bertz CT molecular complexity index is 929. The van der Waals surface area contributed by atoms with Crippen LogP contribution in [-0.2, 0) is 18.8 Å². The Labute approximate surface area is 210 Å². The fraction of sp³-hybridized carbons (Fsp3) is 0.615. The van der Waals surface area contributed by atoms with Gasteiger partial charge in [0.05, 0.1) is 11.2 Å². The molecule has 0 aromatic heterocycles. The maximum Gasteiger partial charge on any atom is 0.492 e. The first-order valence-electron chi connectivity index (χ1n) is 12.3. The molecule has 1 aromatic rings. The van der Waals surface area contributed by atoms with E-state index in [1.165, 1.54) is 6.92 Å². The summed E-state index contributed by atoms with van der Waals surface area (Å²) >= 11 is 0. The van der Waals surface area contributed by atoms with Gasteiger partial charge in [0.2, 0.25) is 5.91 Å². The van der Waals surface area contributed by atoms with Crippen LogP contribution in [0.2, 0.25) is 0 Å². The van der Waals surface area contributed by atoms with Gasteiger partial charge in [-0.05, 0) is 71.6 Å². The van der Waals surface area contributed by atoms with E-state index in [0.717, 1.165) is 29.8 Å². The standard InChI is InChI=1S/C26H40BN3O5/c1-19(31)28-18-21(27-34-25(5,6)26(7,8)35-27)17-20-9-11-22(12-10-20)29-13-15-30(16-14-29)23(32)33-24(2,3)4/h9-12,17H,13-16,18H2,1-8H3,(H,28,31). The quantitative estimate of drug-likeness (QED) is 0.638. The van der Waals surface area contributed by atoms with E-state index in [4.69, 9.17) is 14.0 Å². The minimum atomic E-state index is -0.535. The molecule has 0 radical (unpaired) electrons. The van der Waals surface area contributed by atoms with Crippen molar-refractivity contribution in [3.05, 3.63) is 35.3 Å².